The Morgan fingerprint density at radius 3 is 3.00 bits per heavy atom. The predicted molar refractivity (Wildman–Crippen MR) is 64.6 cm³/mol. The summed E-state index contributed by atoms with van der Waals surface area (Å²) in [5, 5.41) is 8.52. The zero-order chi connectivity index (χ0) is 11.5. The number of aliphatic hydroxyl groups is 1. The summed E-state index contributed by atoms with van der Waals surface area (Å²) in [6.45, 7) is 1.06. The molecule has 0 aromatic carbocycles. The van der Waals surface area contributed by atoms with E-state index in [9.17, 15) is 0 Å². The molecule has 1 atom stereocenters. The van der Waals surface area contributed by atoms with Crippen LogP contribution in [0.5, 0.6) is 0 Å². The SMILES string of the molecule is OCCCC#CC#C/C=C/[C@@H]1CCCCO1. The van der Waals surface area contributed by atoms with Crippen LogP contribution in [0.3, 0.4) is 0 Å². The van der Waals surface area contributed by atoms with Crippen molar-refractivity contribution in [1.82, 2.24) is 0 Å². The van der Waals surface area contributed by atoms with Crippen LogP contribution in [0.15, 0.2) is 12.2 Å². The average molecular weight is 218 g/mol. The topological polar surface area (TPSA) is 29.5 Å². The molecule has 2 heteroatoms. The average Bonchev–Trinajstić information content (AvgIpc) is 2.34. The van der Waals surface area contributed by atoms with E-state index in [1.165, 1.54) is 12.8 Å². The van der Waals surface area contributed by atoms with E-state index in [1.807, 2.05) is 12.2 Å². The molecule has 0 saturated carbocycles. The third-order valence-electron chi connectivity index (χ3n) is 2.29. The van der Waals surface area contributed by atoms with Gasteiger partial charge in [0.15, 0.2) is 0 Å². The van der Waals surface area contributed by atoms with Crippen LogP contribution in [0.25, 0.3) is 0 Å². The van der Waals surface area contributed by atoms with E-state index in [4.69, 9.17) is 9.84 Å². The molecule has 1 aliphatic heterocycles. The lowest BCUT2D eigenvalue weighted by atomic mass is 10.1. The van der Waals surface area contributed by atoms with Crippen LogP contribution in [-0.4, -0.2) is 24.4 Å². The molecule has 1 fully saturated rings. The lowest BCUT2D eigenvalue weighted by molar-refractivity contribution is 0.0466. The summed E-state index contributed by atoms with van der Waals surface area (Å²) >= 11 is 0. The first kappa shape index (κ1) is 12.8. The molecule has 0 aliphatic carbocycles. The molecule has 16 heavy (non-hydrogen) atoms. The van der Waals surface area contributed by atoms with Gasteiger partial charge in [0.25, 0.3) is 0 Å². The van der Waals surface area contributed by atoms with Gasteiger partial charge in [0, 0.05) is 19.6 Å². The monoisotopic (exact) mass is 218 g/mol. The molecular weight excluding hydrogens is 200 g/mol. The van der Waals surface area contributed by atoms with E-state index in [1.54, 1.807) is 0 Å². The molecule has 2 nitrogen and oxygen atoms in total. The van der Waals surface area contributed by atoms with Gasteiger partial charge in [-0.05, 0) is 49.7 Å². The molecule has 86 valence electrons. The predicted octanol–water partition coefficient (Wildman–Crippen LogP) is 1.89. The maximum absolute atomic E-state index is 8.52. The zero-order valence-electron chi connectivity index (χ0n) is 9.54. The highest BCUT2D eigenvalue weighted by atomic mass is 16.5. The molecule has 0 spiro atoms. The molecule has 0 bridgehead atoms. The van der Waals surface area contributed by atoms with Gasteiger partial charge >= 0.3 is 0 Å². The van der Waals surface area contributed by atoms with Gasteiger partial charge in [-0.1, -0.05) is 11.8 Å². The maximum Gasteiger partial charge on any atom is 0.0764 e. The van der Waals surface area contributed by atoms with Crippen molar-refractivity contribution in [1.29, 1.82) is 0 Å². The van der Waals surface area contributed by atoms with Gasteiger partial charge < -0.3 is 9.84 Å². The van der Waals surface area contributed by atoms with Crippen molar-refractivity contribution in [3.63, 3.8) is 0 Å². The first-order valence-electron chi connectivity index (χ1n) is 5.81. The van der Waals surface area contributed by atoms with Crippen molar-refractivity contribution in [3.8, 4) is 23.7 Å². The molecular formula is C14H18O2. The summed E-state index contributed by atoms with van der Waals surface area (Å²) in [4.78, 5) is 0. The van der Waals surface area contributed by atoms with E-state index in [2.05, 4.69) is 23.7 Å². The smallest absolute Gasteiger partial charge is 0.0764 e. The fourth-order valence-corrected chi connectivity index (χ4v) is 1.42. The Bertz CT molecular complexity index is 316. The molecule has 0 radical (unpaired) electrons. The summed E-state index contributed by atoms with van der Waals surface area (Å²) < 4.78 is 5.52. The second kappa shape index (κ2) is 9.04. The highest BCUT2D eigenvalue weighted by molar-refractivity contribution is 5.30. The molecule has 0 amide bonds. The summed E-state index contributed by atoms with van der Waals surface area (Å²) in [6.07, 6.45) is 9.00. The van der Waals surface area contributed by atoms with E-state index < -0.39 is 0 Å². The Hall–Kier alpha value is -1.22. The van der Waals surface area contributed by atoms with Crippen LogP contribution in [0.4, 0.5) is 0 Å². The van der Waals surface area contributed by atoms with E-state index in [0.29, 0.717) is 6.42 Å². The second-order valence-electron chi connectivity index (χ2n) is 3.66. The summed E-state index contributed by atoms with van der Waals surface area (Å²) in [5.74, 6) is 11.2. The van der Waals surface area contributed by atoms with Gasteiger partial charge in [0.1, 0.15) is 0 Å². The van der Waals surface area contributed by atoms with E-state index in [-0.39, 0.29) is 12.7 Å². The lowest BCUT2D eigenvalue weighted by Crippen LogP contribution is -2.15. The standard InChI is InChI=1S/C14H18O2/c15-12-8-5-3-1-2-4-6-10-14-11-7-9-13-16-14/h6,10,14-15H,5,7-9,11-13H2/b10-6+/t14-/m1/s1. The zero-order valence-corrected chi connectivity index (χ0v) is 9.54. The molecule has 0 aromatic heterocycles. The minimum atomic E-state index is 0.195. The molecule has 0 unspecified atom stereocenters. The largest absolute Gasteiger partial charge is 0.396 e. The van der Waals surface area contributed by atoms with Gasteiger partial charge in [-0.2, -0.15) is 0 Å². The third-order valence-corrected chi connectivity index (χ3v) is 2.29. The lowest BCUT2D eigenvalue weighted by Gasteiger charge is -2.18. The summed E-state index contributed by atoms with van der Waals surface area (Å²) in [6, 6.07) is 0. The Morgan fingerprint density at radius 2 is 2.25 bits per heavy atom. The van der Waals surface area contributed by atoms with Gasteiger partial charge in [-0.15, -0.1) is 0 Å². The van der Waals surface area contributed by atoms with Crippen molar-refractivity contribution in [3.05, 3.63) is 12.2 Å². The van der Waals surface area contributed by atoms with Crippen molar-refractivity contribution in [2.75, 3.05) is 13.2 Å². The number of allylic oxidation sites excluding steroid dienone is 1. The molecule has 0 aromatic rings. The maximum atomic E-state index is 8.52. The van der Waals surface area contributed by atoms with Crippen LogP contribution in [0, 0.1) is 23.7 Å². The molecule has 1 aliphatic rings. The number of unbranched alkanes of at least 4 members (excludes halogenated alkanes) is 1. The highest BCUT2D eigenvalue weighted by Gasteiger charge is 2.08. The fourth-order valence-electron chi connectivity index (χ4n) is 1.42. The fraction of sp³-hybridized carbons (Fsp3) is 0.571. The van der Waals surface area contributed by atoms with Gasteiger partial charge in [-0.3, -0.25) is 0 Å². The Balaban J connectivity index is 2.18. The molecule has 1 N–H and O–H groups in total. The van der Waals surface area contributed by atoms with Gasteiger partial charge in [0.05, 0.1) is 6.10 Å². The van der Waals surface area contributed by atoms with Crippen LogP contribution in [0.1, 0.15) is 32.1 Å². The van der Waals surface area contributed by atoms with Gasteiger partial charge in [-0.25, -0.2) is 0 Å². The van der Waals surface area contributed by atoms with Gasteiger partial charge in [0.2, 0.25) is 0 Å². The second-order valence-corrected chi connectivity index (χ2v) is 3.66. The molecule has 1 heterocycles. The number of ether oxygens (including phenoxy) is 1. The minimum absolute atomic E-state index is 0.195. The minimum Gasteiger partial charge on any atom is -0.396 e. The van der Waals surface area contributed by atoms with E-state index in [0.717, 1.165) is 19.4 Å². The van der Waals surface area contributed by atoms with Crippen LogP contribution >= 0.6 is 0 Å². The normalized spacial score (nSPS) is 19.7. The Labute approximate surface area is 97.7 Å². The van der Waals surface area contributed by atoms with Crippen LogP contribution in [-0.2, 0) is 4.74 Å². The Kier molecular flexibility index (Phi) is 7.26. The first-order chi connectivity index (χ1) is 7.93. The quantitative estimate of drug-likeness (QED) is 0.579. The number of hydrogen-bond donors (Lipinski definition) is 1. The third kappa shape index (κ3) is 6.30. The number of rotatable bonds is 3. The van der Waals surface area contributed by atoms with E-state index >= 15 is 0 Å². The van der Waals surface area contributed by atoms with Crippen molar-refractivity contribution in [2.45, 2.75) is 38.2 Å². The number of hydrogen-bond acceptors (Lipinski definition) is 2. The Morgan fingerprint density at radius 1 is 1.31 bits per heavy atom. The van der Waals surface area contributed by atoms with Crippen molar-refractivity contribution < 1.29 is 9.84 Å². The van der Waals surface area contributed by atoms with Crippen molar-refractivity contribution >= 4 is 0 Å². The summed E-state index contributed by atoms with van der Waals surface area (Å²) in [7, 11) is 0. The highest BCUT2D eigenvalue weighted by Crippen LogP contribution is 2.12. The van der Waals surface area contributed by atoms with Crippen LogP contribution in [0.2, 0.25) is 0 Å². The van der Waals surface area contributed by atoms with Crippen molar-refractivity contribution in [2.24, 2.45) is 0 Å². The number of aliphatic hydroxyl groups excluding tert-OH is 1. The molecule has 1 rings (SSSR count). The first-order valence-corrected chi connectivity index (χ1v) is 5.81. The van der Waals surface area contributed by atoms with Crippen LogP contribution < -0.4 is 0 Å². The summed E-state index contributed by atoms with van der Waals surface area (Å²) in [5.41, 5.74) is 0. The molecule has 1 saturated heterocycles.